The van der Waals surface area contributed by atoms with Crippen LogP contribution in [-0.2, 0) is 0 Å². The molecule has 2 nitrogen and oxygen atoms in total. The predicted octanol–water partition coefficient (Wildman–Crippen LogP) is 6.16. The van der Waals surface area contributed by atoms with Crippen LogP contribution in [0.15, 0.2) is 58.3 Å². The van der Waals surface area contributed by atoms with Crippen molar-refractivity contribution in [1.82, 2.24) is 0 Å². The normalized spacial score (nSPS) is 12.1. The predicted molar refractivity (Wildman–Crippen MR) is 84.7 cm³/mol. The number of thioether (sulfide) groups is 2. The van der Waals surface area contributed by atoms with Gasteiger partial charge in [-0.25, -0.2) is 0 Å². The molecular weight excluding hydrogens is 388 g/mol. The van der Waals surface area contributed by atoms with Gasteiger partial charge < -0.3 is 5.32 Å². The number of amides is 1. The van der Waals surface area contributed by atoms with E-state index in [1.165, 1.54) is 36.4 Å². The van der Waals surface area contributed by atoms with Gasteiger partial charge in [0.1, 0.15) is 0 Å². The molecule has 0 aliphatic rings. The molecule has 0 saturated heterocycles. The highest BCUT2D eigenvalue weighted by molar-refractivity contribution is 8.00. The lowest BCUT2D eigenvalue weighted by atomic mass is 10.2. The Morgan fingerprint density at radius 3 is 1.52 bits per heavy atom. The van der Waals surface area contributed by atoms with E-state index in [-0.39, 0.29) is 44.6 Å². The molecular formula is C15H9F6NOS2. The first-order valence-electron chi connectivity index (χ1n) is 6.55. The van der Waals surface area contributed by atoms with Crippen molar-refractivity contribution in [2.45, 2.75) is 20.8 Å². The molecule has 0 aromatic heterocycles. The fourth-order valence-electron chi connectivity index (χ4n) is 1.75. The first kappa shape index (κ1) is 19.5. The number of benzene rings is 2. The molecule has 1 amide bonds. The molecule has 0 radical (unpaired) electrons. The Bertz CT molecular complexity index is 726. The molecule has 0 aliphatic carbocycles. The molecule has 1 N–H and O–H groups in total. The van der Waals surface area contributed by atoms with E-state index in [4.69, 9.17) is 0 Å². The Hall–Kier alpha value is -1.81. The summed E-state index contributed by atoms with van der Waals surface area (Å²) in [6.45, 7) is 0. The highest BCUT2D eigenvalue weighted by Gasteiger charge is 2.29. The highest BCUT2D eigenvalue weighted by Crippen LogP contribution is 2.37. The molecule has 10 heteroatoms. The molecule has 0 bridgehead atoms. The standard InChI is InChI=1S/C15H9F6NOS2/c16-14(17,18)24-11-5-1-9(2-6-11)13(23)22-10-3-7-12(8-4-10)25-15(19,20)21/h1-8H,(H,22,23). The van der Waals surface area contributed by atoms with Gasteiger partial charge in [0.05, 0.1) is 0 Å². The second-order valence-electron chi connectivity index (χ2n) is 4.60. The molecule has 0 heterocycles. The summed E-state index contributed by atoms with van der Waals surface area (Å²) in [4.78, 5) is 11.9. The van der Waals surface area contributed by atoms with Gasteiger partial charge in [-0.1, -0.05) is 0 Å². The van der Waals surface area contributed by atoms with Crippen molar-refractivity contribution in [1.29, 1.82) is 0 Å². The first-order chi connectivity index (χ1) is 11.5. The zero-order valence-corrected chi connectivity index (χ0v) is 13.7. The van der Waals surface area contributed by atoms with Crippen LogP contribution in [0.4, 0.5) is 32.0 Å². The molecule has 2 rings (SSSR count). The summed E-state index contributed by atoms with van der Waals surface area (Å²) in [6.07, 6.45) is 0. The topological polar surface area (TPSA) is 29.1 Å². The lowest BCUT2D eigenvalue weighted by Crippen LogP contribution is -2.11. The summed E-state index contributed by atoms with van der Waals surface area (Å²) in [5, 5.41) is 2.46. The monoisotopic (exact) mass is 397 g/mol. The number of alkyl halides is 6. The smallest absolute Gasteiger partial charge is 0.322 e. The molecule has 2 aromatic rings. The molecule has 0 spiro atoms. The van der Waals surface area contributed by atoms with Gasteiger partial charge in [0.15, 0.2) is 0 Å². The second-order valence-corrected chi connectivity index (χ2v) is 6.88. The minimum absolute atomic E-state index is 0.0287. The molecule has 0 saturated carbocycles. The summed E-state index contributed by atoms with van der Waals surface area (Å²) in [7, 11) is 0. The fraction of sp³-hybridized carbons (Fsp3) is 0.133. The molecule has 0 fully saturated rings. The fourth-order valence-corrected chi connectivity index (χ4v) is 2.83. The van der Waals surface area contributed by atoms with E-state index >= 15 is 0 Å². The van der Waals surface area contributed by atoms with E-state index in [1.54, 1.807) is 0 Å². The lowest BCUT2D eigenvalue weighted by Gasteiger charge is -2.09. The van der Waals surface area contributed by atoms with Crippen LogP contribution < -0.4 is 5.32 Å². The van der Waals surface area contributed by atoms with Crippen molar-refractivity contribution in [3.8, 4) is 0 Å². The largest absolute Gasteiger partial charge is 0.446 e. The van der Waals surface area contributed by atoms with Crippen LogP contribution in [0.3, 0.4) is 0 Å². The number of nitrogens with one attached hydrogen (secondary N) is 1. The minimum Gasteiger partial charge on any atom is -0.322 e. The average Bonchev–Trinajstić information content (AvgIpc) is 2.47. The van der Waals surface area contributed by atoms with Crippen molar-refractivity contribution < 1.29 is 31.1 Å². The maximum Gasteiger partial charge on any atom is 0.446 e. The third-order valence-corrected chi connectivity index (χ3v) is 4.17. The Morgan fingerprint density at radius 2 is 1.12 bits per heavy atom. The Balaban J connectivity index is 1.99. The van der Waals surface area contributed by atoms with Crippen LogP contribution in [0.25, 0.3) is 0 Å². The van der Waals surface area contributed by atoms with Crippen LogP contribution in [0.1, 0.15) is 10.4 Å². The van der Waals surface area contributed by atoms with Crippen molar-refractivity contribution in [3.63, 3.8) is 0 Å². The number of carbonyl (C=O) groups excluding carboxylic acids is 1. The van der Waals surface area contributed by atoms with E-state index < -0.39 is 16.9 Å². The van der Waals surface area contributed by atoms with E-state index in [9.17, 15) is 31.1 Å². The molecule has 134 valence electrons. The Kier molecular flexibility index (Phi) is 5.94. The van der Waals surface area contributed by atoms with Gasteiger partial charge in [0.2, 0.25) is 0 Å². The van der Waals surface area contributed by atoms with Crippen molar-refractivity contribution in [2.24, 2.45) is 0 Å². The quantitative estimate of drug-likeness (QED) is 0.495. The van der Waals surface area contributed by atoms with E-state index in [1.807, 2.05) is 0 Å². The number of hydrogen-bond acceptors (Lipinski definition) is 3. The highest BCUT2D eigenvalue weighted by atomic mass is 32.2. The molecule has 0 aliphatic heterocycles. The van der Waals surface area contributed by atoms with Gasteiger partial charge in [-0.15, -0.1) is 0 Å². The Labute approximate surface area is 147 Å². The Morgan fingerprint density at radius 1 is 0.720 bits per heavy atom. The summed E-state index contributed by atoms with van der Waals surface area (Å²) < 4.78 is 73.4. The van der Waals surface area contributed by atoms with E-state index in [2.05, 4.69) is 5.32 Å². The molecule has 25 heavy (non-hydrogen) atoms. The van der Waals surface area contributed by atoms with Gasteiger partial charge in [-0.3, -0.25) is 4.79 Å². The van der Waals surface area contributed by atoms with Crippen LogP contribution in [0.2, 0.25) is 0 Å². The van der Waals surface area contributed by atoms with Gasteiger partial charge in [-0.05, 0) is 72.1 Å². The molecule has 0 atom stereocenters. The second kappa shape index (κ2) is 7.61. The molecule has 2 aromatic carbocycles. The third kappa shape index (κ3) is 6.91. The van der Waals surface area contributed by atoms with Crippen LogP contribution >= 0.6 is 23.5 Å². The molecule has 0 unspecified atom stereocenters. The number of rotatable bonds is 4. The number of hydrogen-bond donors (Lipinski definition) is 1. The van der Waals surface area contributed by atoms with Gasteiger partial charge in [0, 0.05) is 21.0 Å². The summed E-state index contributed by atoms with van der Waals surface area (Å²) in [6, 6.07) is 9.81. The summed E-state index contributed by atoms with van der Waals surface area (Å²) in [5.74, 6) is -0.584. The third-order valence-electron chi connectivity index (χ3n) is 2.70. The number of anilines is 1. The van der Waals surface area contributed by atoms with Crippen LogP contribution in [0.5, 0.6) is 0 Å². The van der Waals surface area contributed by atoms with E-state index in [0.29, 0.717) is 0 Å². The maximum absolute atomic E-state index is 12.2. The van der Waals surface area contributed by atoms with E-state index in [0.717, 1.165) is 12.1 Å². The minimum atomic E-state index is -4.42. The zero-order chi connectivity index (χ0) is 18.7. The van der Waals surface area contributed by atoms with Gasteiger partial charge >= 0.3 is 11.0 Å². The van der Waals surface area contributed by atoms with Gasteiger partial charge in [0.25, 0.3) is 5.91 Å². The van der Waals surface area contributed by atoms with Crippen LogP contribution in [-0.4, -0.2) is 16.9 Å². The lowest BCUT2D eigenvalue weighted by molar-refractivity contribution is -0.0337. The summed E-state index contributed by atoms with van der Waals surface area (Å²) >= 11 is -0.571. The number of carbonyl (C=O) groups is 1. The van der Waals surface area contributed by atoms with Gasteiger partial charge in [-0.2, -0.15) is 26.3 Å². The SMILES string of the molecule is O=C(Nc1ccc(SC(F)(F)F)cc1)c1ccc(SC(F)(F)F)cc1. The zero-order valence-electron chi connectivity index (χ0n) is 12.1. The van der Waals surface area contributed by atoms with Crippen LogP contribution in [0, 0.1) is 0 Å². The number of halogens is 6. The maximum atomic E-state index is 12.2. The van der Waals surface area contributed by atoms with Crippen molar-refractivity contribution in [2.75, 3.05) is 5.32 Å². The van der Waals surface area contributed by atoms with Crippen molar-refractivity contribution in [3.05, 3.63) is 54.1 Å². The first-order valence-corrected chi connectivity index (χ1v) is 8.18. The van der Waals surface area contributed by atoms with Crippen molar-refractivity contribution >= 4 is 35.1 Å². The summed E-state index contributed by atoms with van der Waals surface area (Å²) in [5.41, 5.74) is -8.42. The average molecular weight is 397 g/mol.